The molecule has 0 aromatic rings. The topological polar surface area (TPSA) is 56.8 Å². The Labute approximate surface area is 103 Å². The quantitative estimate of drug-likeness (QED) is 0.501. The van der Waals surface area contributed by atoms with Crippen LogP contribution in [0.5, 0.6) is 0 Å². The fourth-order valence-electron chi connectivity index (χ4n) is 1.78. The van der Waals surface area contributed by atoms with Crippen molar-refractivity contribution in [3.8, 4) is 0 Å². The summed E-state index contributed by atoms with van der Waals surface area (Å²) in [5.74, 6) is -0.0741. The average molecular weight is 245 g/mol. The van der Waals surface area contributed by atoms with Crippen LogP contribution in [0.15, 0.2) is 0 Å². The molecule has 5 heteroatoms. The van der Waals surface area contributed by atoms with E-state index < -0.39 is 0 Å². The van der Waals surface area contributed by atoms with Crippen LogP contribution in [0.3, 0.4) is 0 Å². The van der Waals surface area contributed by atoms with Gasteiger partial charge in [0.05, 0.1) is 12.5 Å². The smallest absolute Gasteiger partial charge is 0.310 e. The largest absolute Gasteiger partial charge is 0.463 e. The summed E-state index contributed by atoms with van der Waals surface area (Å²) >= 11 is 0. The first-order valence-corrected chi connectivity index (χ1v) is 6.28. The summed E-state index contributed by atoms with van der Waals surface area (Å²) in [4.78, 5) is 11.6. The molecule has 1 N–H and O–H groups in total. The van der Waals surface area contributed by atoms with Crippen LogP contribution < -0.4 is 5.32 Å². The number of piperidine rings is 1. The molecule has 0 amide bonds. The van der Waals surface area contributed by atoms with Gasteiger partial charge in [0.15, 0.2) is 0 Å². The molecule has 0 aromatic heterocycles. The minimum atomic E-state index is -0.0994. The summed E-state index contributed by atoms with van der Waals surface area (Å²) < 4.78 is 15.3. The van der Waals surface area contributed by atoms with E-state index in [9.17, 15) is 4.79 Å². The minimum absolute atomic E-state index is 0.0252. The van der Waals surface area contributed by atoms with Crippen molar-refractivity contribution < 1.29 is 19.0 Å². The van der Waals surface area contributed by atoms with E-state index in [2.05, 4.69) is 5.32 Å². The summed E-state index contributed by atoms with van der Waals surface area (Å²) in [6.45, 7) is 3.92. The van der Waals surface area contributed by atoms with Crippen molar-refractivity contribution in [2.24, 2.45) is 5.92 Å². The van der Waals surface area contributed by atoms with Crippen LogP contribution >= 0.6 is 0 Å². The van der Waals surface area contributed by atoms with Crippen molar-refractivity contribution in [2.45, 2.75) is 19.3 Å². The monoisotopic (exact) mass is 245 g/mol. The highest BCUT2D eigenvalue weighted by molar-refractivity contribution is 5.72. The van der Waals surface area contributed by atoms with E-state index in [4.69, 9.17) is 14.2 Å². The first-order valence-electron chi connectivity index (χ1n) is 6.28. The van der Waals surface area contributed by atoms with Crippen LogP contribution in [0.1, 0.15) is 19.3 Å². The first kappa shape index (κ1) is 14.4. The molecule has 0 aromatic carbocycles. The molecular weight excluding hydrogens is 222 g/mol. The van der Waals surface area contributed by atoms with Crippen molar-refractivity contribution in [1.82, 2.24) is 5.32 Å². The van der Waals surface area contributed by atoms with Gasteiger partial charge in [0, 0.05) is 26.9 Å². The SMILES string of the molecule is COCCCOCCOC(=O)C1CCCNC1. The van der Waals surface area contributed by atoms with Gasteiger partial charge in [-0.05, 0) is 25.8 Å². The Morgan fingerprint density at radius 3 is 2.88 bits per heavy atom. The third-order valence-corrected chi connectivity index (χ3v) is 2.74. The molecule has 0 saturated carbocycles. The highest BCUT2D eigenvalue weighted by Gasteiger charge is 2.21. The molecule has 0 aliphatic carbocycles. The lowest BCUT2D eigenvalue weighted by atomic mass is 10.0. The standard InChI is InChI=1S/C12H23NO4/c1-15-6-3-7-16-8-9-17-12(14)11-4-2-5-13-10-11/h11,13H,2-10H2,1H3. The van der Waals surface area contributed by atoms with Crippen LogP contribution in [0, 0.1) is 5.92 Å². The number of esters is 1. The van der Waals surface area contributed by atoms with E-state index in [0.717, 1.165) is 32.4 Å². The second kappa shape index (κ2) is 9.39. The Bertz CT molecular complexity index is 205. The number of carbonyl (C=O) groups excluding carboxylic acids is 1. The van der Waals surface area contributed by atoms with Crippen LogP contribution in [0.25, 0.3) is 0 Å². The number of hydrogen-bond acceptors (Lipinski definition) is 5. The Kier molecular flexibility index (Phi) is 7.96. The normalized spacial score (nSPS) is 20.2. The molecule has 0 bridgehead atoms. The van der Waals surface area contributed by atoms with Gasteiger partial charge in [0.2, 0.25) is 0 Å². The minimum Gasteiger partial charge on any atom is -0.463 e. The number of ether oxygens (including phenoxy) is 3. The average Bonchev–Trinajstić information content (AvgIpc) is 2.38. The molecule has 1 aliphatic heterocycles. The second-order valence-electron chi connectivity index (χ2n) is 4.17. The van der Waals surface area contributed by atoms with Crippen LogP contribution in [0.4, 0.5) is 0 Å². The molecule has 1 unspecified atom stereocenters. The molecule has 17 heavy (non-hydrogen) atoms. The molecule has 0 radical (unpaired) electrons. The number of carbonyl (C=O) groups is 1. The Morgan fingerprint density at radius 1 is 1.29 bits per heavy atom. The van der Waals surface area contributed by atoms with Crippen LogP contribution in [-0.4, -0.2) is 52.6 Å². The molecule has 1 fully saturated rings. The Balaban J connectivity index is 1.92. The van der Waals surface area contributed by atoms with Crippen LogP contribution in [0.2, 0.25) is 0 Å². The molecule has 1 rings (SSSR count). The van der Waals surface area contributed by atoms with Crippen molar-refractivity contribution in [2.75, 3.05) is 46.6 Å². The highest BCUT2D eigenvalue weighted by Crippen LogP contribution is 2.11. The zero-order valence-electron chi connectivity index (χ0n) is 10.6. The van der Waals surface area contributed by atoms with Gasteiger partial charge >= 0.3 is 5.97 Å². The first-order chi connectivity index (χ1) is 8.34. The fraction of sp³-hybridized carbons (Fsp3) is 0.917. The van der Waals surface area contributed by atoms with Gasteiger partial charge in [-0.2, -0.15) is 0 Å². The predicted molar refractivity (Wildman–Crippen MR) is 63.9 cm³/mol. The Morgan fingerprint density at radius 2 is 2.18 bits per heavy atom. The lowest BCUT2D eigenvalue weighted by molar-refractivity contribution is -0.150. The van der Waals surface area contributed by atoms with E-state index in [-0.39, 0.29) is 11.9 Å². The van der Waals surface area contributed by atoms with Gasteiger partial charge in [0.25, 0.3) is 0 Å². The van der Waals surface area contributed by atoms with E-state index in [0.29, 0.717) is 26.4 Å². The number of methoxy groups -OCH3 is 1. The van der Waals surface area contributed by atoms with E-state index in [1.165, 1.54) is 0 Å². The van der Waals surface area contributed by atoms with Crippen molar-refractivity contribution in [3.63, 3.8) is 0 Å². The molecule has 0 spiro atoms. The zero-order chi connectivity index (χ0) is 12.3. The van der Waals surface area contributed by atoms with Gasteiger partial charge in [0.1, 0.15) is 6.61 Å². The Hall–Kier alpha value is -0.650. The van der Waals surface area contributed by atoms with Crippen LogP contribution in [-0.2, 0) is 19.0 Å². The van der Waals surface area contributed by atoms with E-state index in [1.54, 1.807) is 7.11 Å². The molecule has 1 atom stereocenters. The van der Waals surface area contributed by atoms with Crippen molar-refractivity contribution in [3.05, 3.63) is 0 Å². The predicted octanol–water partition coefficient (Wildman–Crippen LogP) is 0.582. The van der Waals surface area contributed by atoms with Gasteiger partial charge in [-0.25, -0.2) is 0 Å². The van der Waals surface area contributed by atoms with Gasteiger partial charge in [-0.15, -0.1) is 0 Å². The molecule has 1 saturated heterocycles. The van der Waals surface area contributed by atoms with E-state index in [1.807, 2.05) is 0 Å². The lowest BCUT2D eigenvalue weighted by Crippen LogP contribution is -2.35. The number of rotatable bonds is 8. The lowest BCUT2D eigenvalue weighted by Gasteiger charge is -2.21. The van der Waals surface area contributed by atoms with E-state index >= 15 is 0 Å². The molecule has 100 valence electrons. The van der Waals surface area contributed by atoms with Crippen molar-refractivity contribution in [1.29, 1.82) is 0 Å². The molecule has 1 aliphatic rings. The van der Waals surface area contributed by atoms with Gasteiger partial charge in [-0.3, -0.25) is 4.79 Å². The summed E-state index contributed by atoms with van der Waals surface area (Å²) in [5, 5.41) is 3.19. The summed E-state index contributed by atoms with van der Waals surface area (Å²) in [7, 11) is 1.67. The molecule has 1 heterocycles. The maximum atomic E-state index is 11.6. The summed E-state index contributed by atoms with van der Waals surface area (Å²) in [5.41, 5.74) is 0. The zero-order valence-corrected chi connectivity index (χ0v) is 10.6. The second-order valence-corrected chi connectivity index (χ2v) is 4.17. The molecular formula is C12H23NO4. The summed E-state index contributed by atoms with van der Waals surface area (Å²) in [6, 6.07) is 0. The third-order valence-electron chi connectivity index (χ3n) is 2.74. The number of nitrogens with one attached hydrogen (secondary N) is 1. The number of hydrogen-bond donors (Lipinski definition) is 1. The third kappa shape index (κ3) is 6.61. The fourth-order valence-corrected chi connectivity index (χ4v) is 1.78. The van der Waals surface area contributed by atoms with Crippen molar-refractivity contribution >= 4 is 5.97 Å². The van der Waals surface area contributed by atoms with Gasteiger partial charge < -0.3 is 19.5 Å². The summed E-state index contributed by atoms with van der Waals surface area (Å²) in [6.07, 6.45) is 2.85. The molecule has 5 nitrogen and oxygen atoms in total. The maximum absolute atomic E-state index is 11.6. The highest BCUT2D eigenvalue weighted by atomic mass is 16.6. The van der Waals surface area contributed by atoms with Gasteiger partial charge in [-0.1, -0.05) is 0 Å². The maximum Gasteiger partial charge on any atom is 0.310 e.